The highest BCUT2D eigenvalue weighted by Gasteiger charge is 2.13. The van der Waals surface area contributed by atoms with Crippen LogP contribution in [-0.2, 0) is 0 Å². The van der Waals surface area contributed by atoms with Crippen LogP contribution in [-0.4, -0.2) is 19.6 Å². The van der Waals surface area contributed by atoms with Crippen LogP contribution < -0.4 is 0 Å². The van der Waals surface area contributed by atoms with Crippen LogP contribution >= 0.6 is 39.3 Å². The first-order valence-corrected chi connectivity index (χ1v) is 7.43. The molecule has 0 atom stereocenters. The third kappa shape index (κ3) is 2.48. The molecular weight excluding hydrogens is 348 g/mol. The van der Waals surface area contributed by atoms with Crippen molar-refractivity contribution in [2.75, 3.05) is 0 Å². The fourth-order valence-electron chi connectivity index (χ4n) is 1.64. The van der Waals surface area contributed by atoms with Crippen LogP contribution in [0.1, 0.15) is 5.56 Å². The average molecular weight is 356 g/mol. The van der Waals surface area contributed by atoms with Gasteiger partial charge in [-0.25, -0.2) is 0 Å². The summed E-state index contributed by atoms with van der Waals surface area (Å²) in [7, 11) is 0. The molecule has 0 fully saturated rings. The van der Waals surface area contributed by atoms with E-state index in [-0.39, 0.29) is 0 Å². The topological polar surface area (TPSA) is 43.1 Å². The standard InChI is InChI=1S/C12H8BrClN4S/c1-7-10(14)17-12-15-6-16-18(12)11(7)19-9-4-2-3-8(13)5-9/h2-6H,1H3. The Balaban J connectivity index is 2.14. The second-order valence-electron chi connectivity index (χ2n) is 3.86. The fourth-order valence-corrected chi connectivity index (χ4v) is 3.43. The molecule has 3 rings (SSSR count). The molecule has 3 aromatic rings. The van der Waals surface area contributed by atoms with Gasteiger partial charge in [-0.3, -0.25) is 0 Å². The molecule has 0 unspecified atom stereocenters. The Labute approximate surface area is 127 Å². The first-order chi connectivity index (χ1) is 9.15. The molecule has 1 aromatic carbocycles. The van der Waals surface area contributed by atoms with Gasteiger partial charge in [-0.15, -0.1) is 0 Å². The average Bonchev–Trinajstić information content (AvgIpc) is 2.83. The van der Waals surface area contributed by atoms with Crippen molar-refractivity contribution < 1.29 is 0 Å². The zero-order valence-corrected chi connectivity index (χ0v) is 13.0. The molecule has 96 valence electrons. The van der Waals surface area contributed by atoms with Gasteiger partial charge in [0.2, 0.25) is 0 Å². The van der Waals surface area contributed by atoms with E-state index in [4.69, 9.17) is 11.6 Å². The van der Waals surface area contributed by atoms with E-state index in [1.54, 1.807) is 16.3 Å². The van der Waals surface area contributed by atoms with Crippen molar-refractivity contribution in [2.24, 2.45) is 0 Å². The first-order valence-electron chi connectivity index (χ1n) is 5.44. The van der Waals surface area contributed by atoms with Crippen LogP contribution in [0, 0.1) is 6.92 Å². The van der Waals surface area contributed by atoms with E-state index < -0.39 is 0 Å². The number of aromatic nitrogens is 4. The van der Waals surface area contributed by atoms with E-state index >= 15 is 0 Å². The van der Waals surface area contributed by atoms with Gasteiger partial charge in [0.25, 0.3) is 5.78 Å². The van der Waals surface area contributed by atoms with Crippen molar-refractivity contribution in [3.63, 3.8) is 0 Å². The Bertz CT molecular complexity index is 759. The van der Waals surface area contributed by atoms with Crippen molar-refractivity contribution in [1.82, 2.24) is 19.6 Å². The Morgan fingerprint density at radius 1 is 1.37 bits per heavy atom. The van der Waals surface area contributed by atoms with E-state index in [1.165, 1.54) is 6.33 Å². The maximum Gasteiger partial charge on any atom is 0.254 e. The van der Waals surface area contributed by atoms with Crippen molar-refractivity contribution in [3.8, 4) is 0 Å². The van der Waals surface area contributed by atoms with E-state index in [0.717, 1.165) is 20.0 Å². The molecule has 4 nitrogen and oxygen atoms in total. The Morgan fingerprint density at radius 2 is 2.21 bits per heavy atom. The second-order valence-corrected chi connectivity index (χ2v) is 6.20. The zero-order chi connectivity index (χ0) is 13.4. The third-order valence-electron chi connectivity index (χ3n) is 2.56. The Hall–Kier alpha value is -1.11. The van der Waals surface area contributed by atoms with Crippen molar-refractivity contribution >= 4 is 45.1 Å². The molecule has 0 aliphatic carbocycles. The van der Waals surface area contributed by atoms with Gasteiger partial charge in [0.15, 0.2) is 0 Å². The van der Waals surface area contributed by atoms with Crippen LogP contribution in [0.4, 0.5) is 0 Å². The molecule has 0 bridgehead atoms. The van der Waals surface area contributed by atoms with E-state index in [0.29, 0.717) is 10.9 Å². The Kier molecular flexibility index (Phi) is 3.47. The number of hydrogen-bond acceptors (Lipinski definition) is 4. The molecule has 0 N–H and O–H groups in total. The number of rotatable bonds is 2. The molecule has 7 heteroatoms. The lowest BCUT2D eigenvalue weighted by Gasteiger charge is -2.08. The van der Waals surface area contributed by atoms with Gasteiger partial charge in [0.1, 0.15) is 16.5 Å². The van der Waals surface area contributed by atoms with Gasteiger partial charge >= 0.3 is 0 Å². The molecule has 0 spiro atoms. The minimum atomic E-state index is 0.456. The Morgan fingerprint density at radius 3 is 3.00 bits per heavy atom. The van der Waals surface area contributed by atoms with Crippen LogP contribution in [0.2, 0.25) is 5.15 Å². The highest BCUT2D eigenvalue weighted by Crippen LogP contribution is 2.33. The summed E-state index contributed by atoms with van der Waals surface area (Å²) in [5.74, 6) is 0.507. The summed E-state index contributed by atoms with van der Waals surface area (Å²) in [6.45, 7) is 1.93. The quantitative estimate of drug-likeness (QED) is 0.652. The van der Waals surface area contributed by atoms with Crippen LogP contribution in [0.3, 0.4) is 0 Å². The molecule has 2 aromatic heterocycles. The smallest absolute Gasteiger partial charge is 0.199 e. The van der Waals surface area contributed by atoms with Crippen molar-refractivity contribution in [1.29, 1.82) is 0 Å². The molecular formula is C12H8BrClN4S. The lowest BCUT2D eigenvalue weighted by Crippen LogP contribution is -1.99. The monoisotopic (exact) mass is 354 g/mol. The maximum absolute atomic E-state index is 6.13. The largest absolute Gasteiger partial charge is 0.254 e. The summed E-state index contributed by atoms with van der Waals surface area (Å²) in [5, 5.41) is 5.57. The normalized spacial score (nSPS) is 11.1. The number of nitrogens with zero attached hydrogens (tertiary/aromatic N) is 4. The minimum absolute atomic E-state index is 0.456. The number of halogens is 2. The van der Waals surface area contributed by atoms with Gasteiger partial charge in [-0.05, 0) is 25.1 Å². The van der Waals surface area contributed by atoms with E-state index in [1.807, 2.05) is 31.2 Å². The number of hydrogen-bond donors (Lipinski definition) is 0. The summed E-state index contributed by atoms with van der Waals surface area (Å²) in [5.41, 5.74) is 0.893. The van der Waals surface area contributed by atoms with E-state index in [2.05, 4.69) is 31.0 Å². The predicted molar refractivity (Wildman–Crippen MR) is 78.8 cm³/mol. The first kappa shape index (κ1) is 12.9. The predicted octanol–water partition coefficient (Wildman–Crippen LogP) is 4.00. The summed E-state index contributed by atoms with van der Waals surface area (Å²) < 4.78 is 2.73. The summed E-state index contributed by atoms with van der Waals surface area (Å²) >= 11 is 11.2. The molecule has 2 heterocycles. The molecule has 0 radical (unpaired) electrons. The maximum atomic E-state index is 6.13. The van der Waals surface area contributed by atoms with Gasteiger partial charge in [0, 0.05) is 14.9 Å². The van der Waals surface area contributed by atoms with Crippen LogP contribution in [0.25, 0.3) is 5.78 Å². The van der Waals surface area contributed by atoms with Crippen LogP contribution in [0.15, 0.2) is 45.0 Å². The highest BCUT2D eigenvalue weighted by atomic mass is 79.9. The van der Waals surface area contributed by atoms with Gasteiger partial charge in [-0.1, -0.05) is 45.4 Å². The fraction of sp³-hybridized carbons (Fsp3) is 0.0833. The van der Waals surface area contributed by atoms with E-state index in [9.17, 15) is 0 Å². The summed E-state index contributed by atoms with van der Waals surface area (Å²) in [6.07, 6.45) is 1.48. The number of fused-ring (bicyclic) bond motifs is 1. The SMILES string of the molecule is Cc1c(Cl)nc2ncnn2c1Sc1cccc(Br)c1. The molecule has 0 aliphatic rings. The van der Waals surface area contributed by atoms with Crippen molar-refractivity contribution in [2.45, 2.75) is 16.8 Å². The third-order valence-corrected chi connectivity index (χ3v) is 4.58. The van der Waals surface area contributed by atoms with Crippen LogP contribution in [0.5, 0.6) is 0 Å². The second kappa shape index (κ2) is 5.11. The van der Waals surface area contributed by atoms with Gasteiger partial charge in [0.05, 0.1) is 0 Å². The molecule has 0 saturated heterocycles. The molecule has 0 amide bonds. The molecule has 0 aliphatic heterocycles. The lowest BCUT2D eigenvalue weighted by atomic mass is 10.4. The lowest BCUT2D eigenvalue weighted by molar-refractivity contribution is 0.825. The highest BCUT2D eigenvalue weighted by molar-refractivity contribution is 9.10. The molecule has 0 saturated carbocycles. The zero-order valence-electron chi connectivity index (χ0n) is 9.84. The van der Waals surface area contributed by atoms with Gasteiger partial charge < -0.3 is 0 Å². The van der Waals surface area contributed by atoms with Crippen molar-refractivity contribution in [3.05, 3.63) is 45.8 Å². The summed E-state index contributed by atoms with van der Waals surface area (Å²) in [6, 6.07) is 8.05. The molecule has 19 heavy (non-hydrogen) atoms. The van der Waals surface area contributed by atoms with Gasteiger partial charge in [-0.2, -0.15) is 19.6 Å². The number of benzene rings is 1. The minimum Gasteiger partial charge on any atom is -0.199 e. The summed E-state index contributed by atoms with van der Waals surface area (Å²) in [4.78, 5) is 9.36.